The lowest BCUT2D eigenvalue weighted by atomic mass is 10.1. The number of halogens is 1. The highest BCUT2D eigenvalue weighted by atomic mass is 35.5. The number of nitrogens with zero attached hydrogens (tertiary/aromatic N) is 1. The molecule has 158 valence electrons. The van der Waals surface area contributed by atoms with Crippen LogP contribution in [0, 0.1) is 0 Å². The molecule has 0 saturated carbocycles. The molecule has 2 aromatic rings. The summed E-state index contributed by atoms with van der Waals surface area (Å²) in [4.78, 5) is 34.8. The molecule has 0 aliphatic carbocycles. The van der Waals surface area contributed by atoms with Gasteiger partial charge in [-0.1, -0.05) is 30.7 Å². The van der Waals surface area contributed by atoms with E-state index in [2.05, 4.69) is 28.1 Å². The molecule has 0 aliphatic rings. The standard InChI is InChI=1S/C21H23ClN4O4/c1-3-14-5-8-16(9-6-14)25-19(27)13-30-18-10-7-15(11-17(18)22)12-24-26-21(29)20(28)23-4-2/h5-12H,3-4,13H2,1-2H3,(H,23,28)(H,25,27)(H,26,29)/b24-12-. The maximum Gasteiger partial charge on any atom is 0.329 e. The van der Waals surface area contributed by atoms with Crippen molar-refractivity contribution >= 4 is 41.2 Å². The van der Waals surface area contributed by atoms with Crippen LogP contribution >= 0.6 is 11.6 Å². The Hall–Kier alpha value is -3.39. The zero-order valence-corrected chi connectivity index (χ0v) is 17.5. The van der Waals surface area contributed by atoms with Gasteiger partial charge in [-0.3, -0.25) is 14.4 Å². The third kappa shape index (κ3) is 7.21. The lowest BCUT2D eigenvalue weighted by molar-refractivity contribution is -0.139. The van der Waals surface area contributed by atoms with Crippen molar-refractivity contribution in [2.24, 2.45) is 5.10 Å². The maximum absolute atomic E-state index is 12.1. The van der Waals surface area contributed by atoms with Crippen LogP contribution in [0.1, 0.15) is 25.0 Å². The average molecular weight is 431 g/mol. The normalized spacial score (nSPS) is 10.5. The molecule has 0 aliphatic heterocycles. The van der Waals surface area contributed by atoms with Gasteiger partial charge in [0.2, 0.25) is 0 Å². The van der Waals surface area contributed by atoms with Crippen molar-refractivity contribution in [1.82, 2.24) is 10.7 Å². The van der Waals surface area contributed by atoms with Crippen LogP contribution in [0.4, 0.5) is 5.69 Å². The number of anilines is 1. The molecule has 0 fully saturated rings. The van der Waals surface area contributed by atoms with Gasteiger partial charge >= 0.3 is 11.8 Å². The van der Waals surface area contributed by atoms with Crippen LogP contribution in [0.3, 0.4) is 0 Å². The number of amides is 3. The maximum atomic E-state index is 12.1. The second-order valence-electron chi connectivity index (χ2n) is 6.14. The van der Waals surface area contributed by atoms with Crippen molar-refractivity contribution in [1.29, 1.82) is 0 Å². The summed E-state index contributed by atoms with van der Waals surface area (Å²) in [7, 11) is 0. The molecular weight excluding hydrogens is 408 g/mol. The van der Waals surface area contributed by atoms with E-state index in [9.17, 15) is 14.4 Å². The first-order valence-corrected chi connectivity index (χ1v) is 9.73. The van der Waals surface area contributed by atoms with Crippen LogP contribution in [0.2, 0.25) is 5.02 Å². The minimum absolute atomic E-state index is 0.203. The van der Waals surface area contributed by atoms with E-state index in [0.29, 0.717) is 23.5 Å². The monoisotopic (exact) mass is 430 g/mol. The molecule has 9 heteroatoms. The Labute approximate surface area is 179 Å². The number of hydrogen-bond acceptors (Lipinski definition) is 5. The molecule has 0 radical (unpaired) electrons. The number of carbonyl (C=O) groups is 3. The molecule has 0 heterocycles. The predicted molar refractivity (Wildman–Crippen MR) is 116 cm³/mol. The zero-order chi connectivity index (χ0) is 21.9. The molecule has 8 nitrogen and oxygen atoms in total. The summed E-state index contributed by atoms with van der Waals surface area (Å²) < 4.78 is 5.46. The molecule has 30 heavy (non-hydrogen) atoms. The van der Waals surface area contributed by atoms with Crippen molar-refractivity contribution in [2.45, 2.75) is 20.3 Å². The van der Waals surface area contributed by atoms with Crippen molar-refractivity contribution in [2.75, 3.05) is 18.5 Å². The number of rotatable bonds is 8. The summed E-state index contributed by atoms with van der Waals surface area (Å²) in [5, 5.41) is 9.08. The number of likely N-dealkylation sites (N-methyl/N-ethyl adjacent to an activating group) is 1. The number of nitrogens with one attached hydrogen (secondary N) is 3. The molecule has 0 atom stereocenters. The van der Waals surface area contributed by atoms with Gasteiger partial charge in [-0.05, 0) is 54.8 Å². The molecule has 2 aromatic carbocycles. The molecular formula is C21H23ClN4O4. The van der Waals surface area contributed by atoms with Gasteiger partial charge < -0.3 is 15.4 Å². The minimum Gasteiger partial charge on any atom is -0.482 e. The molecule has 0 unspecified atom stereocenters. The topological polar surface area (TPSA) is 109 Å². The van der Waals surface area contributed by atoms with Gasteiger partial charge in [0.05, 0.1) is 11.2 Å². The van der Waals surface area contributed by atoms with E-state index in [1.807, 2.05) is 24.3 Å². The van der Waals surface area contributed by atoms with E-state index in [1.165, 1.54) is 11.8 Å². The second-order valence-corrected chi connectivity index (χ2v) is 6.54. The third-order valence-electron chi connectivity index (χ3n) is 3.88. The molecule has 0 spiro atoms. The van der Waals surface area contributed by atoms with Gasteiger partial charge in [-0.2, -0.15) is 5.10 Å². The van der Waals surface area contributed by atoms with Gasteiger partial charge in [0, 0.05) is 12.2 Å². The average Bonchev–Trinajstić information content (AvgIpc) is 2.73. The van der Waals surface area contributed by atoms with E-state index in [4.69, 9.17) is 16.3 Å². The van der Waals surface area contributed by atoms with Crippen LogP contribution in [0.15, 0.2) is 47.6 Å². The van der Waals surface area contributed by atoms with Crippen molar-refractivity contribution in [3.63, 3.8) is 0 Å². The highest BCUT2D eigenvalue weighted by molar-refractivity contribution is 6.35. The summed E-state index contributed by atoms with van der Waals surface area (Å²) in [6.45, 7) is 3.90. The van der Waals surface area contributed by atoms with Gasteiger partial charge in [-0.15, -0.1) is 0 Å². The van der Waals surface area contributed by atoms with Crippen LogP contribution in [0.25, 0.3) is 0 Å². The summed E-state index contributed by atoms with van der Waals surface area (Å²) in [5.41, 5.74) is 4.56. The van der Waals surface area contributed by atoms with Crippen molar-refractivity contribution < 1.29 is 19.1 Å². The van der Waals surface area contributed by atoms with E-state index >= 15 is 0 Å². The predicted octanol–water partition coefficient (Wildman–Crippen LogP) is 2.51. The highest BCUT2D eigenvalue weighted by Crippen LogP contribution is 2.25. The lowest BCUT2D eigenvalue weighted by Gasteiger charge is -2.09. The number of benzene rings is 2. The van der Waals surface area contributed by atoms with E-state index < -0.39 is 11.8 Å². The molecule has 0 saturated heterocycles. The fourth-order valence-corrected chi connectivity index (χ4v) is 2.58. The van der Waals surface area contributed by atoms with Crippen LogP contribution in [-0.2, 0) is 20.8 Å². The molecule has 0 bridgehead atoms. The van der Waals surface area contributed by atoms with Crippen LogP contribution in [-0.4, -0.2) is 37.1 Å². The van der Waals surface area contributed by atoms with Gasteiger partial charge in [-0.25, -0.2) is 5.43 Å². The Balaban J connectivity index is 1.85. The summed E-state index contributed by atoms with van der Waals surface area (Å²) in [6.07, 6.45) is 2.26. The fourth-order valence-electron chi connectivity index (χ4n) is 2.34. The van der Waals surface area contributed by atoms with Crippen LogP contribution in [0.5, 0.6) is 5.75 Å². The Morgan fingerprint density at radius 2 is 1.80 bits per heavy atom. The molecule has 2 rings (SSSR count). The van der Waals surface area contributed by atoms with E-state index in [0.717, 1.165) is 6.42 Å². The highest BCUT2D eigenvalue weighted by Gasteiger charge is 2.10. The van der Waals surface area contributed by atoms with Gasteiger partial charge in [0.1, 0.15) is 5.75 Å². The van der Waals surface area contributed by atoms with Crippen molar-refractivity contribution in [3.8, 4) is 5.75 Å². The second kappa shape index (κ2) is 11.6. The number of carbonyl (C=O) groups excluding carboxylic acids is 3. The summed E-state index contributed by atoms with van der Waals surface area (Å²) in [5.74, 6) is -1.61. The van der Waals surface area contributed by atoms with Crippen LogP contribution < -0.4 is 20.8 Å². The van der Waals surface area contributed by atoms with Gasteiger partial charge in [0.25, 0.3) is 5.91 Å². The Morgan fingerprint density at radius 3 is 2.43 bits per heavy atom. The summed E-state index contributed by atoms with van der Waals surface area (Å²) in [6, 6.07) is 12.4. The van der Waals surface area contributed by atoms with E-state index in [1.54, 1.807) is 25.1 Å². The fraction of sp³-hybridized carbons (Fsp3) is 0.238. The zero-order valence-electron chi connectivity index (χ0n) is 16.7. The van der Waals surface area contributed by atoms with Crippen molar-refractivity contribution in [3.05, 3.63) is 58.6 Å². The molecule has 0 aromatic heterocycles. The quantitative estimate of drug-likeness (QED) is 0.339. The minimum atomic E-state index is -0.866. The molecule has 3 amide bonds. The smallest absolute Gasteiger partial charge is 0.329 e. The Kier molecular flexibility index (Phi) is 8.83. The molecule has 3 N–H and O–H groups in total. The summed E-state index contributed by atoms with van der Waals surface area (Å²) >= 11 is 6.17. The number of ether oxygens (including phenoxy) is 1. The van der Waals surface area contributed by atoms with E-state index in [-0.39, 0.29) is 17.5 Å². The third-order valence-corrected chi connectivity index (χ3v) is 4.18. The largest absolute Gasteiger partial charge is 0.482 e. The first-order chi connectivity index (χ1) is 14.4. The number of hydrazone groups is 1. The lowest BCUT2D eigenvalue weighted by Crippen LogP contribution is -2.37. The van der Waals surface area contributed by atoms with Gasteiger partial charge in [0.15, 0.2) is 6.61 Å². The first kappa shape index (κ1) is 22.9. The Morgan fingerprint density at radius 1 is 1.07 bits per heavy atom. The Bertz CT molecular complexity index is 929. The SMILES string of the molecule is CCNC(=O)C(=O)N/N=C\c1ccc(OCC(=O)Nc2ccc(CC)cc2)c(Cl)c1. The number of hydrogen-bond donors (Lipinski definition) is 3. The first-order valence-electron chi connectivity index (χ1n) is 9.35. The number of aryl methyl sites for hydroxylation is 1.